The lowest BCUT2D eigenvalue weighted by Gasteiger charge is -2.38. The molecule has 0 radical (unpaired) electrons. The maximum absolute atomic E-state index is 12.6. The third kappa shape index (κ3) is 4.00. The Balaban J connectivity index is 1.67. The van der Waals surface area contributed by atoms with Gasteiger partial charge in [-0.2, -0.15) is 5.26 Å². The molecular formula is C18H20N4OS3. The van der Waals surface area contributed by atoms with Crippen molar-refractivity contribution in [2.45, 2.75) is 42.0 Å². The van der Waals surface area contributed by atoms with Gasteiger partial charge in [-0.1, -0.05) is 60.6 Å². The molecule has 0 bridgehead atoms. The predicted molar refractivity (Wildman–Crippen MR) is 107 cm³/mol. The molecule has 1 aromatic carbocycles. The van der Waals surface area contributed by atoms with Crippen molar-refractivity contribution in [3.63, 3.8) is 0 Å². The van der Waals surface area contributed by atoms with Crippen LogP contribution >= 0.6 is 35.3 Å². The van der Waals surface area contributed by atoms with Crippen LogP contribution in [0.4, 0.5) is 0 Å². The van der Waals surface area contributed by atoms with E-state index in [0.29, 0.717) is 3.95 Å². The van der Waals surface area contributed by atoms with E-state index in [1.165, 1.54) is 23.1 Å². The third-order valence-corrected chi connectivity index (χ3v) is 7.10. The Kier molecular flexibility index (Phi) is 6.12. The number of amides is 1. The molecule has 1 aliphatic carbocycles. The Morgan fingerprint density at radius 3 is 2.73 bits per heavy atom. The van der Waals surface area contributed by atoms with Crippen molar-refractivity contribution < 1.29 is 4.79 Å². The van der Waals surface area contributed by atoms with Gasteiger partial charge in [0.05, 0.1) is 17.5 Å². The lowest BCUT2D eigenvalue weighted by Crippen LogP contribution is -2.50. The first-order chi connectivity index (χ1) is 12.6. The van der Waals surface area contributed by atoms with Crippen LogP contribution in [-0.4, -0.2) is 38.9 Å². The second kappa shape index (κ2) is 8.33. The van der Waals surface area contributed by atoms with Gasteiger partial charge in [0.25, 0.3) is 0 Å². The van der Waals surface area contributed by atoms with Gasteiger partial charge in [-0.3, -0.25) is 4.79 Å². The zero-order valence-electron chi connectivity index (χ0n) is 14.6. The highest BCUT2D eigenvalue weighted by Gasteiger charge is 2.38. The van der Waals surface area contributed by atoms with Gasteiger partial charge in [-0.25, -0.2) is 4.68 Å². The van der Waals surface area contributed by atoms with Crippen LogP contribution < -0.4 is 0 Å². The van der Waals surface area contributed by atoms with Crippen LogP contribution in [0.2, 0.25) is 0 Å². The maximum atomic E-state index is 12.6. The second-order valence-corrected chi connectivity index (χ2v) is 9.17. The van der Waals surface area contributed by atoms with Crippen LogP contribution in [0, 0.1) is 15.3 Å². The van der Waals surface area contributed by atoms with Gasteiger partial charge in [0.1, 0.15) is 5.54 Å². The van der Waals surface area contributed by atoms with Crippen LogP contribution in [0.25, 0.3) is 5.69 Å². The van der Waals surface area contributed by atoms with Gasteiger partial charge in [0.15, 0.2) is 8.29 Å². The summed E-state index contributed by atoms with van der Waals surface area (Å²) in [4.78, 5) is 14.3. The van der Waals surface area contributed by atoms with Crippen molar-refractivity contribution in [1.29, 1.82) is 5.26 Å². The van der Waals surface area contributed by atoms with E-state index in [2.05, 4.69) is 11.2 Å². The molecule has 0 spiro atoms. The number of carbonyl (C=O) groups is 1. The standard InChI is InChI=1S/C18H20N4OS3/c1-21(18(13-19)10-6-3-7-11-18)15(23)12-25-16-20-22(17(24)26-16)14-8-4-2-5-9-14/h2,4-5,8-9H,3,6-7,10-12H2,1H3. The Labute approximate surface area is 166 Å². The largest absolute Gasteiger partial charge is 0.326 e. The molecule has 0 atom stereocenters. The molecular weight excluding hydrogens is 384 g/mol. The molecule has 3 rings (SSSR count). The summed E-state index contributed by atoms with van der Waals surface area (Å²) in [6.07, 6.45) is 4.67. The number of rotatable bonds is 5. The fourth-order valence-electron chi connectivity index (χ4n) is 3.17. The van der Waals surface area contributed by atoms with E-state index in [4.69, 9.17) is 12.2 Å². The molecule has 0 aliphatic heterocycles. The number of aromatic nitrogens is 2. The van der Waals surface area contributed by atoms with Crippen LogP contribution in [0.5, 0.6) is 0 Å². The van der Waals surface area contributed by atoms with E-state index in [9.17, 15) is 10.1 Å². The highest BCUT2D eigenvalue weighted by atomic mass is 32.2. The molecule has 0 saturated heterocycles. The molecule has 136 valence electrons. The normalized spacial score (nSPS) is 16.0. The molecule has 0 N–H and O–H groups in total. The summed E-state index contributed by atoms with van der Waals surface area (Å²) in [6, 6.07) is 12.1. The number of thioether (sulfide) groups is 1. The number of nitriles is 1. The van der Waals surface area contributed by atoms with Crippen molar-refractivity contribution in [2.24, 2.45) is 0 Å². The van der Waals surface area contributed by atoms with Gasteiger partial charge in [-0.15, -0.1) is 5.10 Å². The van der Waals surface area contributed by atoms with Crippen molar-refractivity contribution >= 4 is 41.2 Å². The van der Waals surface area contributed by atoms with E-state index >= 15 is 0 Å². The highest BCUT2D eigenvalue weighted by molar-refractivity contribution is 8.01. The molecule has 8 heteroatoms. The van der Waals surface area contributed by atoms with E-state index in [1.807, 2.05) is 30.3 Å². The highest BCUT2D eigenvalue weighted by Crippen LogP contribution is 2.33. The average Bonchev–Trinajstić information content (AvgIpc) is 3.07. The van der Waals surface area contributed by atoms with Crippen LogP contribution in [0.15, 0.2) is 34.7 Å². The van der Waals surface area contributed by atoms with Gasteiger partial charge in [0.2, 0.25) is 5.91 Å². The van der Waals surface area contributed by atoms with E-state index in [1.54, 1.807) is 16.6 Å². The zero-order chi connectivity index (χ0) is 18.6. The van der Waals surface area contributed by atoms with Crippen molar-refractivity contribution in [2.75, 3.05) is 12.8 Å². The van der Waals surface area contributed by atoms with Crippen molar-refractivity contribution in [1.82, 2.24) is 14.7 Å². The first-order valence-corrected chi connectivity index (χ1v) is 10.7. The monoisotopic (exact) mass is 404 g/mol. The lowest BCUT2D eigenvalue weighted by molar-refractivity contribution is -0.131. The summed E-state index contributed by atoms with van der Waals surface area (Å²) < 4.78 is 3.13. The summed E-state index contributed by atoms with van der Waals surface area (Å²) in [5, 5.41) is 14.2. The fraction of sp³-hybridized carbons (Fsp3) is 0.444. The maximum Gasteiger partial charge on any atom is 0.234 e. The first kappa shape index (κ1) is 19.1. The number of hydrogen-bond donors (Lipinski definition) is 0. The first-order valence-electron chi connectivity index (χ1n) is 8.52. The summed E-state index contributed by atoms with van der Waals surface area (Å²) >= 11 is 8.17. The summed E-state index contributed by atoms with van der Waals surface area (Å²) in [6.45, 7) is 0. The van der Waals surface area contributed by atoms with Crippen LogP contribution in [0.3, 0.4) is 0 Å². The SMILES string of the molecule is CN(C(=O)CSc1nn(-c2ccccc2)c(=S)s1)C1(C#N)CCCCC1. The smallest absolute Gasteiger partial charge is 0.234 e. The molecule has 5 nitrogen and oxygen atoms in total. The second-order valence-electron chi connectivity index (χ2n) is 6.33. The number of benzene rings is 1. The summed E-state index contributed by atoms with van der Waals surface area (Å²) in [7, 11) is 1.75. The zero-order valence-corrected chi connectivity index (χ0v) is 17.0. The molecule has 1 aliphatic rings. The molecule has 26 heavy (non-hydrogen) atoms. The number of hydrogen-bond acceptors (Lipinski definition) is 6. The topological polar surface area (TPSA) is 61.9 Å². The lowest BCUT2D eigenvalue weighted by atomic mass is 9.81. The minimum absolute atomic E-state index is 0.0363. The number of nitrogens with zero attached hydrogens (tertiary/aromatic N) is 4. The molecule has 0 unspecified atom stereocenters. The Morgan fingerprint density at radius 2 is 2.08 bits per heavy atom. The van der Waals surface area contributed by atoms with Crippen LogP contribution in [0.1, 0.15) is 32.1 Å². The molecule has 1 amide bonds. The number of carbonyl (C=O) groups excluding carboxylic acids is 1. The fourth-order valence-corrected chi connectivity index (χ4v) is 5.44. The summed E-state index contributed by atoms with van der Waals surface area (Å²) in [5.41, 5.74) is 0.265. The van der Waals surface area contributed by atoms with Gasteiger partial charge in [0, 0.05) is 7.05 Å². The molecule has 2 aromatic rings. The van der Waals surface area contributed by atoms with E-state index in [-0.39, 0.29) is 11.7 Å². The van der Waals surface area contributed by atoms with Crippen LogP contribution in [-0.2, 0) is 4.79 Å². The molecule has 1 aromatic heterocycles. The molecule has 1 heterocycles. The van der Waals surface area contributed by atoms with E-state index < -0.39 is 5.54 Å². The van der Waals surface area contributed by atoms with Gasteiger partial charge in [-0.05, 0) is 37.2 Å². The quantitative estimate of drug-likeness (QED) is 0.544. The minimum Gasteiger partial charge on any atom is -0.326 e. The Bertz CT molecular complexity index is 863. The minimum atomic E-state index is -0.647. The Morgan fingerprint density at radius 1 is 1.38 bits per heavy atom. The third-order valence-electron chi connectivity index (χ3n) is 4.75. The van der Waals surface area contributed by atoms with Crippen molar-refractivity contribution in [3.05, 3.63) is 34.3 Å². The number of para-hydroxylation sites is 1. The van der Waals surface area contributed by atoms with Gasteiger partial charge >= 0.3 is 0 Å². The van der Waals surface area contributed by atoms with E-state index in [0.717, 1.165) is 42.1 Å². The van der Waals surface area contributed by atoms with Gasteiger partial charge < -0.3 is 4.90 Å². The van der Waals surface area contributed by atoms with Crippen molar-refractivity contribution in [3.8, 4) is 11.8 Å². The predicted octanol–water partition coefficient (Wildman–Crippen LogP) is 4.44. The Hall–Kier alpha value is -1.69. The summed E-state index contributed by atoms with van der Waals surface area (Å²) in [5.74, 6) is 0.225. The average molecular weight is 405 g/mol. The molecule has 1 saturated carbocycles. The molecule has 1 fully saturated rings.